The second kappa shape index (κ2) is 10.3. The molecule has 34 heavy (non-hydrogen) atoms. The predicted octanol–water partition coefficient (Wildman–Crippen LogP) is 4.41. The highest BCUT2D eigenvalue weighted by molar-refractivity contribution is 5.78. The van der Waals surface area contributed by atoms with Crippen LogP contribution in [0.15, 0.2) is 97.3 Å². The van der Waals surface area contributed by atoms with Crippen LogP contribution in [0, 0.1) is 0 Å². The molecule has 0 atom stereocenters. The number of hydrogen-bond acceptors (Lipinski definition) is 5. The van der Waals surface area contributed by atoms with E-state index in [1.54, 1.807) is 12.4 Å². The Labute approximate surface area is 199 Å². The zero-order valence-electron chi connectivity index (χ0n) is 19.0. The zero-order chi connectivity index (χ0) is 23.2. The summed E-state index contributed by atoms with van der Waals surface area (Å²) in [6.07, 6.45) is 3.97. The quantitative estimate of drug-likeness (QED) is 0.436. The van der Waals surface area contributed by atoms with Crippen LogP contribution in [0.1, 0.15) is 23.5 Å². The first-order chi connectivity index (χ1) is 16.8. The number of piperazine rings is 1. The number of benzene rings is 2. The van der Waals surface area contributed by atoms with Crippen molar-refractivity contribution in [2.24, 2.45) is 0 Å². The molecule has 1 aliphatic heterocycles. The van der Waals surface area contributed by atoms with E-state index in [9.17, 15) is 4.79 Å². The number of nitrogens with zero attached hydrogens (tertiary/aromatic N) is 5. The molecule has 0 N–H and O–H groups in total. The maximum absolute atomic E-state index is 13.3. The van der Waals surface area contributed by atoms with E-state index in [1.165, 1.54) is 11.1 Å². The highest BCUT2D eigenvalue weighted by Crippen LogP contribution is 2.29. The fraction of sp³-hybridized carbons (Fsp3) is 0.214. The first kappa shape index (κ1) is 21.8. The van der Waals surface area contributed by atoms with Gasteiger partial charge in [-0.3, -0.25) is 9.78 Å². The van der Waals surface area contributed by atoms with Gasteiger partial charge >= 0.3 is 0 Å². The summed E-state index contributed by atoms with van der Waals surface area (Å²) in [5, 5.41) is 8.81. The van der Waals surface area contributed by atoms with Gasteiger partial charge in [0.2, 0.25) is 5.91 Å². The third kappa shape index (κ3) is 4.96. The first-order valence-corrected chi connectivity index (χ1v) is 11.6. The summed E-state index contributed by atoms with van der Waals surface area (Å²) in [5.41, 5.74) is 4.17. The van der Waals surface area contributed by atoms with E-state index in [1.807, 2.05) is 65.6 Å². The van der Waals surface area contributed by atoms with Gasteiger partial charge in [0, 0.05) is 56.5 Å². The smallest absolute Gasteiger partial charge is 0.223 e. The molecule has 170 valence electrons. The number of carbonyl (C=O) groups is 1. The Bertz CT molecular complexity index is 1150. The Morgan fingerprint density at radius 2 is 1.35 bits per heavy atom. The molecule has 1 fully saturated rings. The van der Waals surface area contributed by atoms with E-state index in [4.69, 9.17) is 0 Å². The van der Waals surface area contributed by atoms with Crippen molar-refractivity contribution in [2.75, 3.05) is 31.1 Å². The van der Waals surface area contributed by atoms with Crippen LogP contribution in [0.25, 0.3) is 11.3 Å². The standard InChI is InChI=1S/C28H27N5O/c34-28(21-25(22-7-3-1-4-8-22)23-9-5-2-6-10-23)33-19-17-32(18-20-33)27-12-11-26(30-31-27)24-13-15-29-16-14-24/h1-16,25H,17-21H2. The van der Waals surface area contributed by atoms with Gasteiger partial charge in [0.25, 0.3) is 0 Å². The molecule has 0 aliphatic carbocycles. The largest absolute Gasteiger partial charge is 0.352 e. The third-order valence-corrected chi connectivity index (χ3v) is 6.37. The molecule has 2 aromatic heterocycles. The van der Waals surface area contributed by atoms with Crippen LogP contribution in [0.5, 0.6) is 0 Å². The lowest BCUT2D eigenvalue weighted by molar-refractivity contribution is -0.131. The minimum absolute atomic E-state index is 0.0551. The maximum Gasteiger partial charge on any atom is 0.223 e. The van der Waals surface area contributed by atoms with E-state index in [-0.39, 0.29) is 11.8 Å². The van der Waals surface area contributed by atoms with Gasteiger partial charge < -0.3 is 9.80 Å². The van der Waals surface area contributed by atoms with Crippen LogP contribution in [0.2, 0.25) is 0 Å². The minimum Gasteiger partial charge on any atom is -0.352 e. The Morgan fingerprint density at radius 1 is 0.735 bits per heavy atom. The van der Waals surface area contributed by atoms with Crippen LogP contribution >= 0.6 is 0 Å². The van der Waals surface area contributed by atoms with Gasteiger partial charge in [-0.2, -0.15) is 0 Å². The van der Waals surface area contributed by atoms with Gasteiger partial charge in [-0.05, 0) is 35.4 Å². The summed E-state index contributed by atoms with van der Waals surface area (Å²) in [7, 11) is 0. The van der Waals surface area contributed by atoms with Crippen molar-refractivity contribution in [3.8, 4) is 11.3 Å². The molecule has 0 bridgehead atoms. The molecule has 1 saturated heterocycles. The van der Waals surface area contributed by atoms with Gasteiger partial charge in [0.1, 0.15) is 0 Å². The molecular weight excluding hydrogens is 422 g/mol. The molecule has 3 heterocycles. The highest BCUT2D eigenvalue weighted by Gasteiger charge is 2.25. The maximum atomic E-state index is 13.3. The predicted molar refractivity (Wildman–Crippen MR) is 133 cm³/mol. The number of aromatic nitrogens is 3. The molecule has 4 aromatic rings. The SMILES string of the molecule is O=C(CC(c1ccccc1)c1ccccc1)N1CCN(c2ccc(-c3ccncc3)nn2)CC1. The zero-order valence-corrected chi connectivity index (χ0v) is 19.0. The second-order valence-corrected chi connectivity index (χ2v) is 8.46. The lowest BCUT2D eigenvalue weighted by atomic mass is 9.88. The van der Waals surface area contributed by atoms with Gasteiger partial charge in [-0.25, -0.2) is 0 Å². The van der Waals surface area contributed by atoms with Crippen molar-refractivity contribution in [3.05, 3.63) is 108 Å². The topological polar surface area (TPSA) is 62.2 Å². The molecule has 1 amide bonds. The molecular formula is C28H27N5O. The molecule has 2 aromatic carbocycles. The number of pyridine rings is 1. The summed E-state index contributed by atoms with van der Waals surface area (Å²) >= 11 is 0. The molecule has 0 unspecified atom stereocenters. The van der Waals surface area contributed by atoms with Crippen LogP contribution in [0.3, 0.4) is 0 Å². The van der Waals surface area contributed by atoms with E-state index in [0.29, 0.717) is 19.5 Å². The lowest BCUT2D eigenvalue weighted by Gasteiger charge is -2.36. The van der Waals surface area contributed by atoms with Gasteiger partial charge in [-0.15, -0.1) is 10.2 Å². The van der Waals surface area contributed by atoms with Gasteiger partial charge in [-0.1, -0.05) is 60.7 Å². The molecule has 0 spiro atoms. The van der Waals surface area contributed by atoms with Crippen molar-refractivity contribution in [1.29, 1.82) is 0 Å². The molecule has 5 rings (SSSR count). The Balaban J connectivity index is 1.22. The lowest BCUT2D eigenvalue weighted by Crippen LogP contribution is -2.49. The van der Waals surface area contributed by atoms with Crippen molar-refractivity contribution in [2.45, 2.75) is 12.3 Å². The highest BCUT2D eigenvalue weighted by atomic mass is 16.2. The van der Waals surface area contributed by atoms with Crippen molar-refractivity contribution in [3.63, 3.8) is 0 Å². The molecule has 1 aliphatic rings. The van der Waals surface area contributed by atoms with Crippen molar-refractivity contribution in [1.82, 2.24) is 20.1 Å². The minimum atomic E-state index is 0.0551. The summed E-state index contributed by atoms with van der Waals surface area (Å²) < 4.78 is 0. The van der Waals surface area contributed by atoms with Crippen molar-refractivity contribution < 1.29 is 4.79 Å². The monoisotopic (exact) mass is 449 g/mol. The second-order valence-electron chi connectivity index (χ2n) is 8.46. The number of carbonyl (C=O) groups excluding carboxylic acids is 1. The number of rotatable bonds is 6. The number of hydrogen-bond donors (Lipinski definition) is 0. The van der Waals surface area contributed by atoms with E-state index in [0.717, 1.165) is 30.2 Å². The van der Waals surface area contributed by atoms with E-state index >= 15 is 0 Å². The number of anilines is 1. The summed E-state index contributed by atoms with van der Waals surface area (Å²) in [6.45, 7) is 2.86. The van der Waals surface area contributed by atoms with Crippen LogP contribution in [0.4, 0.5) is 5.82 Å². The van der Waals surface area contributed by atoms with Crippen LogP contribution in [-0.2, 0) is 4.79 Å². The molecule has 0 radical (unpaired) electrons. The van der Waals surface area contributed by atoms with Gasteiger partial charge in [0.05, 0.1) is 5.69 Å². The van der Waals surface area contributed by atoms with Crippen molar-refractivity contribution >= 4 is 11.7 Å². The summed E-state index contributed by atoms with van der Waals surface area (Å²) in [4.78, 5) is 21.5. The molecule has 0 saturated carbocycles. The summed E-state index contributed by atoms with van der Waals surface area (Å²) in [6, 6.07) is 28.4. The first-order valence-electron chi connectivity index (χ1n) is 11.6. The summed E-state index contributed by atoms with van der Waals surface area (Å²) in [5.74, 6) is 1.09. The average Bonchev–Trinajstić information content (AvgIpc) is 2.93. The van der Waals surface area contributed by atoms with E-state index < -0.39 is 0 Å². The van der Waals surface area contributed by atoms with Crippen LogP contribution < -0.4 is 4.90 Å². The fourth-order valence-corrected chi connectivity index (χ4v) is 4.46. The van der Waals surface area contributed by atoms with Crippen LogP contribution in [-0.4, -0.2) is 52.2 Å². The fourth-order valence-electron chi connectivity index (χ4n) is 4.46. The Kier molecular flexibility index (Phi) is 6.56. The average molecular weight is 450 g/mol. The third-order valence-electron chi connectivity index (χ3n) is 6.37. The van der Waals surface area contributed by atoms with E-state index in [2.05, 4.69) is 44.3 Å². The Hall–Kier alpha value is -4.06. The normalized spacial score (nSPS) is 13.8. The molecule has 6 nitrogen and oxygen atoms in total. The molecule has 6 heteroatoms. The number of amides is 1. The Morgan fingerprint density at radius 3 is 1.91 bits per heavy atom. The van der Waals surface area contributed by atoms with Gasteiger partial charge in [0.15, 0.2) is 5.82 Å².